The first-order valence-corrected chi connectivity index (χ1v) is 14.1. The lowest BCUT2D eigenvalue weighted by atomic mass is 9.85. The summed E-state index contributed by atoms with van der Waals surface area (Å²) in [6.45, 7) is 3.79. The maximum Gasteiger partial charge on any atom is 0.237 e. The third-order valence-electron chi connectivity index (χ3n) is 7.23. The lowest BCUT2D eigenvalue weighted by Crippen LogP contribution is -2.42. The van der Waals surface area contributed by atoms with Gasteiger partial charge in [-0.15, -0.1) is 0 Å². The number of carbonyl (C=O) groups is 1. The van der Waals surface area contributed by atoms with Crippen LogP contribution < -0.4 is 14.8 Å². The average molecular weight is 528 g/mol. The van der Waals surface area contributed by atoms with Gasteiger partial charge in [-0.25, -0.2) is 22.5 Å². The molecule has 0 radical (unpaired) electrons. The Kier molecular flexibility index (Phi) is 8.44. The van der Waals surface area contributed by atoms with Gasteiger partial charge in [-0.3, -0.25) is 4.79 Å². The van der Waals surface area contributed by atoms with E-state index in [1.807, 2.05) is 32.1 Å². The van der Waals surface area contributed by atoms with Crippen molar-refractivity contribution in [2.75, 3.05) is 7.11 Å². The van der Waals surface area contributed by atoms with E-state index in [9.17, 15) is 17.6 Å². The number of allylic oxidation sites excluding steroid dienone is 4. The van der Waals surface area contributed by atoms with Crippen molar-refractivity contribution in [1.82, 2.24) is 15.0 Å². The van der Waals surface area contributed by atoms with Crippen molar-refractivity contribution in [3.63, 3.8) is 0 Å². The van der Waals surface area contributed by atoms with E-state index in [4.69, 9.17) is 4.74 Å². The summed E-state index contributed by atoms with van der Waals surface area (Å²) in [6.07, 6.45) is 8.23. The Morgan fingerprint density at radius 3 is 2.46 bits per heavy atom. The number of methoxy groups -OCH3 is 1. The molecular weight excluding hydrogens is 493 g/mol. The van der Waals surface area contributed by atoms with Gasteiger partial charge < -0.3 is 10.1 Å². The highest BCUT2D eigenvalue weighted by atomic mass is 32.2. The second-order valence-electron chi connectivity index (χ2n) is 9.90. The SMILES string of the molecule is COc1cc(C2=CC=C(S(=O)(=O)NC3CCC(C(=O)NC(C)c4ccc(F)cc4)CC3)C(C)C2)ccn1. The summed E-state index contributed by atoms with van der Waals surface area (Å²) >= 11 is 0. The minimum atomic E-state index is -3.65. The van der Waals surface area contributed by atoms with Gasteiger partial charge in [0.15, 0.2) is 0 Å². The van der Waals surface area contributed by atoms with E-state index >= 15 is 0 Å². The molecule has 0 bridgehead atoms. The second kappa shape index (κ2) is 11.6. The third-order valence-corrected chi connectivity index (χ3v) is 9.04. The Hall–Kier alpha value is -3.04. The lowest BCUT2D eigenvalue weighted by molar-refractivity contribution is -0.126. The van der Waals surface area contributed by atoms with E-state index < -0.39 is 10.0 Å². The van der Waals surface area contributed by atoms with Gasteiger partial charge in [0.1, 0.15) is 5.82 Å². The van der Waals surface area contributed by atoms with Gasteiger partial charge in [0, 0.05) is 24.2 Å². The van der Waals surface area contributed by atoms with E-state index in [0.717, 1.165) is 16.7 Å². The molecule has 0 aliphatic heterocycles. The van der Waals surface area contributed by atoms with Crippen LogP contribution in [0.25, 0.3) is 5.57 Å². The van der Waals surface area contributed by atoms with Gasteiger partial charge in [-0.2, -0.15) is 0 Å². The predicted molar refractivity (Wildman–Crippen MR) is 141 cm³/mol. The molecule has 1 aromatic carbocycles. The Labute approximate surface area is 218 Å². The largest absolute Gasteiger partial charge is 0.481 e. The second-order valence-corrected chi connectivity index (χ2v) is 11.6. The number of ether oxygens (including phenoxy) is 1. The molecule has 7 nitrogen and oxygen atoms in total. The van der Waals surface area contributed by atoms with E-state index in [1.54, 1.807) is 31.5 Å². The summed E-state index contributed by atoms with van der Waals surface area (Å²) in [7, 11) is -2.08. The van der Waals surface area contributed by atoms with Crippen molar-refractivity contribution in [2.24, 2.45) is 11.8 Å². The zero-order chi connectivity index (χ0) is 26.6. The summed E-state index contributed by atoms with van der Waals surface area (Å²) in [5, 5.41) is 3.00. The van der Waals surface area contributed by atoms with Crippen LogP contribution in [0.2, 0.25) is 0 Å². The number of nitrogens with one attached hydrogen (secondary N) is 2. The molecule has 0 saturated heterocycles. The molecule has 4 rings (SSSR count). The first kappa shape index (κ1) is 27.0. The van der Waals surface area contributed by atoms with Crippen molar-refractivity contribution in [3.8, 4) is 5.88 Å². The molecule has 2 aliphatic rings. The quantitative estimate of drug-likeness (QED) is 0.509. The normalized spacial score (nSPS) is 23.0. The Balaban J connectivity index is 1.33. The fraction of sp³-hybridized carbons (Fsp3) is 0.429. The van der Waals surface area contributed by atoms with Crippen molar-refractivity contribution in [1.29, 1.82) is 0 Å². The third kappa shape index (κ3) is 6.64. The Morgan fingerprint density at radius 1 is 1.11 bits per heavy atom. The number of amides is 1. The Morgan fingerprint density at radius 2 is 1.81 bits per heavy atom. The van der Waals surface area contributed by atoms with Crippen LogP contribution >= 0.6 is 0 Å². The van der Waals surface area contributed by atoms with Crippen molar-refractivity contribution < 1.29 is 22.3 Å². The summed E-state index contributed by atoms with van der Waals surface area (Å²) in [6, 6.07) is 9.40. The number of sulfonamides is 1. The first-order chi connectivity index (χ1) is 17.7. The van der Waals surface area contributed by atoms with E-state index in [1.165, 1.54) is 12.1 Å². The zero-order valence-corrected chi connectivity index (χ0v) is 22.2. The van der Waals surface area contributed by atoms with Gasteiger partial charge in [0.25, 0.3) is 0 Å². The number of benzene rings is 1. The van der Waals surface area contributed by atoms with E-state index in [0.29, 0.717) is 42.9 Å². The van der Waals surface area contributed by atoms with E-state index in [2.05, 4.69) is 15.0 Å². The monoisotopic (exact) mass is 527 g/mol. The average Bonchev–Trinajstić information content (AvgIpc) is 2.89. The van der Waals surface area contributed by atoms with Gasteiger partial charge in [0.2, 0.25) is 21.8 Å². The van der Waals surface area contributed by atoms with Crippen LogP contribution in [0.15, 0.2) is 59.7 Å². The highest BCUT2D eigenvalue weighted by Gasteiger charge is 2.32. The van der Waals surface area contributed by atoms with Gasteiger partial charge in [-0.1, -0.05) is 25.1 Å². The highest BCUT2D eigenvalue weighted by molar-refractivity contribution is 7.93. The molecule has 198 valence electrons. The number of aromatic nitrogens is 1. The topological polar surface area (TPSA) is 97.4 Å². The molecule has 1 aromatic heterocycles. The molecule has 9 heteroatoms. The number of nitrogens with zero attached hydrogens (tertiary/aromatic N) is 1. The summed E-state index contributed by atoms with van der Waals surface area (Å²) < 4.78 is 47.6. The molecule has 2 atom stereocenters. The molecule has 0 spiro atoms. The highest BCUT2D eigenvalue weighted by Crippen LogP contribution is 2.35. The number of carbonyl (C=O) groups excluding carboxylic acids is 1. The Bertz CT molecular complexity index is 1280. The summed E-state index contributed by atoms with van der Waals surface area (Å²) in [5.74, 6) is -0.185. The van der Waals surface area contributed by atoms with Crippen LogP contribution in [0.5, 0.6) is 5.88 Å². The minimum absolute atomic E-state index is 0.0489. The fourth-order valence-electron chi connectivity index (χ4n) is 5.06. The number of pyridine rings is 1. The molecular formula is C28H34FN3O4S. The molecule has 1 amide bonds. The van der Waals surface area contributed by atoms with Crippen LogP contribution in [0.1, 0.15) is 63.1 Å². The van der Waals surface area contributed by atoms with Crippen LogP contribution in [0, 0.1) is 17.7 Å². The van der Waals surface area contributed by atoms with Crippen molar-refractivity contribution in [3.05, 3.63) is 76.6 Å². The first-order valence-electron chi connectivity index (χ1n) is 12.7. The van der Waals surface area contributed by atoms with E-state index in [-0.39, 0.29) is 35.6 Å². The number of rotatable bonds is 8. The molecule has 2 N–H and O–H groups in total. The minimum Gasteiger partial charge on any atom is -0.481 e. The molecule has 37 heavy (non-hydrogen) atoms. The summed E-state index contributed by atoms with van der Waals surface area (Å²) in [5.41, 5.74) is 2.84. The van der Waals surface area contributed by atoms with Crippen LogP contribution in [0.4, 0.5) is 4.39 Å². The van der Waals surface area contributed by atoms with Gasteiger partial charge in [-0.05, 0) is 85.9 Å². The van der Waals surface area contributed by atoms with Crippen LogP contribution in [-0.2, 0) is 14.8 Å². The summed E-state index contributed by atoms with van der Waals surface area (Å²) in [4.78, 5) is 17.3. The molecule has 1 fully saturated rings. The maximum absolute atomic E-state index is 13.2. The van der Waals surface area contributed by atoms with Gasteiger partial charge in [0.05, 0.1) is 18.1 Å². The van der Waals surface area contributed by atoms with Gasteiger partial charge >= 0.3 is 0 Å². The van der Waals surface area contributed by atoms with Crippen molar-refractivity contribution in [2.45, 2.75) is 58.0 Å². The number of hydrogen-bond acceptors (Lipinski definition) is 5. The smallest absolute Gasteiger partial charge is 0.237 e. The fourth-order valence-corrected chi connectivity index (χ4v) is 6.73. The number of halogens is 1. The molecule has 2 aromatic rings. The molecule has 2 unspecified atom stereocenters. The zero-order valence-electron chi connectivity index (χ0n) is 21.4. The molecule has 1 saturated carbocycles. The maximum atomic E-state index is 13.2. The number of hydrogen-bond donors (Lipinski definition) is 2. The molecule has 1 heterocycles. The lowest BCUT2D eigenvalue weighted by Gasteiger charge is -2.30. The van der Waals surface area contributed by atoms with Crippen LogP contribution in [0.3, 0.4) is 0 Å². The molecule has 2 aliphatic carbocycles. The predicted octanol–water partition coefficient (Wildman–Crippen LogP) is 4.89. The van der Waals surface area contributed by atoms with Crippen LogP contribution in [-0.4, -0.2) is 32.5 Å². The van der Waals surface area contributed by atoms with Crippen molar-refractivity contribution >= 4 is 21.5 Å². The standard InChI is InChI=1S/C28H34FN3O4S/c1-18-16-22(23-14-15-30-27(17-23)36-3)8-13-26(18)37(34,35)32-25-11-6-21(7-12-25)28(33)31-19(2)20-4-9-24(29)10-5-20/h4-5,8-10,13-15,17-19,21,25,32H,6-7,11-12,16H2,1-3H3,(H,31,33).